The number of fused-ring (bicyclic) bond motifs is 1. The second-order valence-electron chi connectivity index (χ2n) is 9.44. The van der Waals surface area contributed by atoms with E-state index in [-0.39, 0.29) is 24.2 Å². The number of carbonyl (C=O) groups is 1. The minimum Gasteiger partial charge on any atom is -0.748 e. The first-order valence-electron chi connectivity index (χ1n) is 12.2. The molecule has 1 heterocycles. The van der Waals surface area contributed by atoms with E-state index in [2.05, 4.69) is 5.32 Å². The highest BCUT2D eigenvalue weighted by Gasteiger charge is 2.47. The Labute approximate surface area is 223 Å². The molecule has 2 aromatic rings. The van der Waals surface area contributed by atoms with Gasteiger partial charge in [0.25, 0.3) is 10.1 Å². The highest BCUT2D eigenvalue weighted by molar-refractivity contribution is 7.86. The number of carboxylic acid groups (broad SMARTS) is 1. The zero-order valence-corrected chi connectivity index (χ0v) is 22.7. The summed E-state index contributed by atoms with van der Waals surface area (Å²) in [5, 5.41) is 12.1. The SMILES string of the molecule is CC1(CCCS(=O)(=O)[O-])C(/C=C/Nc2ccccc2)=[N+](CCCCCC(=O)O)c2ccc(S(=O)(=O)O)cc21. The van der Waals surface area contributed by atoms with E-state index in [0.717, 1.165) is 11.4 Å². The van der Waals surface area contributed by atoms with E-state index < -0.39 is 37.4 Å². The molecular formula is C26H32N2O8S2. The van der Waals surface area contributed by atoms with Crippen molar-refractivity contribution < 1.29 is 40.4 Å². The molecule has 0 amide bonds. The minimum absolute atomic E-state index is 0.0494. The summed E-state index contributed by atoms with van der Waals surface area (Å²) in [5.41, 5.74) is 2.00. The molecule has 2 aromatic carbocycles. The maximum atomic E-state index is 11.9. The van der Waals surface area contributed by atoms with E-state index in [1.807, 2.05) is 47.9 Å². The maximum absolute atomic E-state index is 11.9. The van der Waals surface area contributed by atoms with Crippen molar-refractivity contribution in [3.63, 3.8) is 0 Å². The predicted molar refractivity (Wildman–Crippen MR) is 143 cm³/mol. The van der Waals surface area contributed by atoms with Gasteiger partial charge in [0, 0.05) is 48.2 Å². The van der Waals surface area contributed by atoms with Crippen LogP contribution in [0.5, 0.6) is 0 Å². The van der Waals surface area contributed by atoms with Gasteiger partial charge in [-0.25, -0.2) is 8.42 Å². The van der Waals surface area contributed by atoms with Crippen LogP contribution in [-0.4, -0.2) is 59.6 Å². The molecule has 0 aliphatic carbocycles. The standard InChI is InChI=1S/C26H32N2O8S2/c1-26(15-8-18-37(31,32)33)22-19-21(38(34,35)36)12-13-23(22)28(17-7-3-6-11-25(29)30)24(26)14-16-27-20-9-4-2-5-10-20/h2,4-5,9-10,12-14,16,19H,3,6-8,11,15,17-18H2,1H3,(H3,29,30,31,32,33,34,35,36). The summed E-state index contributed by atoms with van der Waals surface area (Å²) in [7, 11) is -8.95. The van der Waals surface area contributed by atoms with Crippen LogP contribution < -0.4 is 5.32 Å². The number of nitrogens with zero attached hydrogens (tertiary/aromatic N) is 1. The molecule has 1 aliphatic rings. The quantitative estimate of drug-likeness (QED) is 0.175. The van der Waals surface area contributed by atoms with Gasteiger partial charge in [-0.15, -0.1) is 0 Å². The predicted octanol–water partition coefficient (Wildman–Crippen LogP) is 3.89. The number of nitrogens with one attached hydrogen (secondary N) is 1. The van der Waals surface area contributed by atoms with Gasteiger partial charge in [0.1, 0.15) is 6.54 Å². The number of rotatable bonds is 14. The minimum atomic E-state index is -4.50. The van der Waals surface area contributed by atoms with Crippen LogP contribution in [0.1, 0.15) is 51.0 Å². The van der Waals surface area contributed by atoms with Gasteiger partial charge in [-0.1, -0.05) is 18.2 Å². The lowest BCUT2D eigenvalue weighted by molar-refractivity contribution is -0.438. The molecule has 1 atom stereocenters. The second kappa shape index (κ2) is 12.2. The molecule has 10 nitrogen and oxygen atoms in total. The van der Waals surface area contributed by atoms with Crippen LogP contribution in [0.4, 0.5) is 11.4 Å². The van der Waals surface area contributed by atoms with E-state index in [1.54, 1.807) is 12.3 Å². The van der Waals surface area contributed by atoms with Gasteiger partial charge in [0.2, 0.25) is 5.69 Å². The Morgan fingerprint density at radius 2 is 1.76 bits per heavy atom. The summed E-state index contributed by atoms with van der Waals surface area (Å²) in [6.07, 6.45) is 5.74. The number of hydrogen-bond acceptors (Lipinski definition) is 7. The highest BCUT2D eigenvalue weighted by Crippen LogP contribution is 2.44. The molecule has 12 heteroatoms. The van der Waals surface area contributed by atoms with Crippen molar-refractivity contribution in [1.82, 2.24) is 0 Å². The van der Waals surface area contributed by atoms with E-state index >= 15 is 0 Å². The molecule has 3 N–H and O–H groups in total. The monoisotopic (exact) mass is 564 g/mol. The molecule has 0 aromatic heterocycles. The molecule has 0 saturated carbocycles. The number of aliphatic carboxylic acids is 1. The van der Waals surface area contributed by atoms with E-state index in [9.17, 15) is 30.7 Å². The number of benzene rings is 2. The van der Waals surface area contributed by atoms with Crippen molar-refractivity contribution in [3.8, 4) is 0 Å². The topological polar surface area (TPSA) is 164 Å². The number of anilines is 1. The Balaban J connectivity index is 2.04. The van der Waals surface area contributed by atoms with E-state index in [4.69, 9.17) is 5.11 Å². The van der Waals surface area contributed by atoms with Gasteiger partial charge in [-0.2, -0.15) is 13.0 Å². The molecule has 0 bridgehead atoms. The van der Waals surface area contributed by atoms with Crippen LogP contribution >= 0.6 is 0 Å². The summed E-state index contributed by atoms with van der Waals surface area (Å²) in [6, 6.07) is 13.7. The average molecular weight is 565 g/mol. The fourth-order valence-corrected chi connectivity index (χ4v) is 5.78. The molecule has 0 saturated heterocycles. The lowest BCUT2D eigenvalue weighted by Crippen LogP contribution is -2.32. The number of para-hydroxylation sites is 1. The molecular weight excluding hydrogens is 532 g/mol. The molecule has 0 radical (unpaired) electrons. The molecule has 206 valence electrons. The Bertz CT molecular complexity index is 1430. The third-order valence-electron chi connectivity index (χ3n) is 6.62. The van der Waals surface area contributed by atoms with Crippen LogP contribution in [0.25, 0.3) is 0 Å². The highest BCUT2D eigenvalue weighted by atomic mass is 32.2. The number of allylic oxidation sites excluding steroid dienone is 1. The van der Waals surface area contributed by atoms with Crippen molar-refractivity contribution in [2.24, 2.45) is 0 Å². The first kappa shape index (κ1) is 29.5. The van der Waals surface area contributed by atoms with Gasteiger partial charge in [0.15, 0.2) is 5.71 Å². The lowest BCUT2D eigenvalue weighted by atomic mass is 9.76. The van der Waals surface area contributed by atoms with Crippen molar-refractivity contribution in [3.05, 3.63) is 66.4 Å². The van der Waals surface area contributed by atoms with Crippen molar-refractivity contribution in [2.45, 2.75) is 55.8 Å². The first-order chi connectivity index (χ1) is 17.8. The zero-order valence-electron chi connectivity index (χ0n) is 21.0. The van der Waals surface area contributed by atoms with Crippen LogP contribution in [0.2, 0.25) is 0 Å². The van der Waals surface area contributed by atoms with Crippen molar-refractivity contribution in [2.75, 3.05) is 17.6 Å². The lowest BCUT2D eigenvalue weighted by Gasteiger charge is -2.23. The van der Waals surface area contributed by atoms with Crippen molar-refractivity contribution >= 4 is 43.3 Å². The smallest absolute Gasteiger partial charge is 0.303 e. The average Bonchev–Trinajstić information content (AvgIpc) is 3.05. The zero-order chi connectivity index (χ0) is 28.0. The maximum Gasteiger partial charge on any atom is 0.303 e. The van der Waals surface area contributed by atoms with Crippen LogP contribution in [-0.2, 0) is 30.4 Å². The Morgan fingerprint density at radius 1 is 1.05 bits per heavy atom. The summed E-state index contributed by atoms with van der Waals surface area (Å²) in [4.78, 5) is 10.6. The Morgan fingerprint density at radius 3 is 2.39 bits per heavy atom. The van der Waals surface area contributed by atoms with Gasteiger partial charge in [-0.05, 0) is 56.9 Å². The van der Waals surface area contributed by atoms with Gasteiger partial charge >= 0.3 is 5.97 Å². The van der Waals surface area contributed by atoms with Crippen molar-refractivity contribution in [1.29, 1.82) is 0 Å². The van der Waals surface area contributed by atoms with Gasteiger partial charge in [-0.3, -0.25) is 9.35 Å². The van der Waals surface area contributed by atoms with Gasteiger partial charge in [0.05, 0.1) is 20.4 Å². The molecule has 1 unspecified atom stereocenters. The summed E-state index contributed by atoms with van der Waals surface area (Å²) >= 11 is 0. The molecule has 1 aliphatic heterocycles. The third kappa shape index (κ3) is 7.73. The second-order valence-corrected chi connectivity index (χ2v) is 12.4. The first-order valence-corrected chi connectivity index (χ1v) is 15.2. The van der Waals surface area contributed by atoms with Gasteiger partial charge < -0.3 is 15.0 Å². The summed E-state index contributed by atoms with van der Waals surface area (Å²) < 4.78 is 69.5. The fraction of sp³-hybridized carbons (Fsp3) is 0.385. The summed E-state index contributed by atoms with van der Waals surface area (Å²) in [5.74, 6) is -1.43. The third-order valence-corrected chi connectivity index (χ3v) is 8.25. The fourth-order valence-electron chi connectivity index (χ4n) is 4.77. The van der Waals surface area contributed by atoms with Crippen LogP contribution in [0, 0.1) is 0 Å². The van der Waals surface area contributed by atoms with Crippen LogP contribution in [0.3, 0.4) is 0 Å². The summed E-state index contributed by atoms with van der Waals surface area (Å²) in [6.45, 7) is 2.35. The Kier molecular flexibility index (Phi) is 9.47. The van der Waals surface area contributed by atoms with E-state index in [1.165, 1.54) is 12.1 Å². The molecule has 38 heavy (non-hydrogen) atoms. The molecule has 0 fully saturated rings. The number of carboxylic acids is 1. The Hall–Kier alpha value is -3.06. The molecule has 0 spiro atoms. The van der Waals surface area contributed by atoms with Crippen LogP contribution in [0.15, 0.2) is 65.7 Å². The number of hydrogen-bond donors (Lipinski definition) is 3. The molecule has 3 rings (SSSR count). The largest absolute Gasteiger partial charge is 0.748 e. The van der Waals surface area contributed by atoms with E-state index in [0.29, 0.717) is 37.1 Å². The normalized spacial score (nSPS) is 17.7. The number of unbranched alkanes of at least 4 members (excludes halogenated alkanes) is 2.